The standard InChI is InChI=1S/C10H9BrO3S/c11-5-6-14-9-7-15(12,13)10-4-2-1-3-8(9)10/h1-4,7H,5-6H2. The smallest absolute Gasteiger partial charge is 0.204 e. The second-order valence-corrected chi connectivity index (χ2v) is 5.62. The van der Waals surface area contributed by atoms with Crippen molar-refractivity contribution < 1.29 is 13.2 Å². The number of hydrogen-bond acceptors (Lipinski definition) is 3. The first-order valence-corrected chi connectivity index (χ1v) is 7.07. The van der Waals surface area contributed by atoms with Gasteiger partial charge in [-0.05, 0) is 12.1 Å². The van der Waals surface area contributed by atoms with Crippen LogP contribution in [0.3, 0.4) is 0 Å². The first-order valence-electron chi connectivity index (χ1n) is 4.40. The fourth-order valence-corrected chi connectivity index (χ4v) is 2.96. The Morgan fingerprint density at radius 2 is 2.00 bits per heavy atom. The Kier molecular flexibility index (Phi) is 2.84. The van der Waals surface area contributed by atoms with Crippen LogP contribution in [0, 0.1) is 0 Å². The first-order chi connectivity index (χ1) is 7.15. The summed E-state index contributed by atoms with van der Waals surface area (Å²) in [6.07, 6.45) is 0. The Bertz CT molecular complexity index is 505. The maximum Gasteiger partial charge on any atom is 0.204 e. The van der Waals surface area contributed by atoms with Gasteiger partial charge in [-0.3, -0.25) is 0 Å². The van der Waals surface area contributed by atoms with Crippen LogP contribution in [-0.4, -0.2) is 20.4 Å². The van der Waals surface area contributed by atoms with Gasteiger partial charge in [0.1, 0.15) is 5.76 Å². The lowest BCUT2D eigenvalue weighted by Crippen LogP contribution is -1.94. The Hall–Kier alpha value is -0.810. The largest absolute Gasteiger partial charge is 0.491 e. The summed E-state index contributed by atoms with van der Waals surface area (Å²) in [4.78, 5) is 0.328. The van der Waals surface area contributed by atoms with Gasteiger partial charge >= 0.3 is 0 Å². The van der Waals surface area contributed by atoms with E-state index in [0.717, 1.165) is 0 Å². The Morgan fingerprint density at radius 1 is 1.27 bits per heavy atom. The third-order valence-corrected chi connectivity index (χ3v) is 3.87. The van der Waals surface area contributed by atoms with Gasteiger partial charge in [0, 0.05) is 10.9 Å². The van der Waals surface area contributed by atoms with E-state index < -0.39 is 9.84 Å². The van der Waals surface area contributed by atoms with Crippen molar-refractivity contribution in [3.8, 4) is 0 Å². The van der Waals surface area contributed by atoms with E-state index in [1.54, 1.807) is 24.3 Å². The van der Waals surface area contributed by atoms with Gasteiger partial charge in [-0.2, -0.15) is 0 Å². The average molecular weight is 289 g/mol. The fourth-order valence-electron chi connectivity index (χ4n) is 1.45. The van der Waals surface area contributed by atoms with Crippen molar-refractivity contribution in [2.75, 3.05) is 11.9 Å². The van der Waals surface area contributed by atoms with Gasteiger partial charge in [0.2, 0.25) is 9.84 Å². The third-order valence-electron chi connectivity index (χ3n) is 2.06. The highest BCUT2D eigenvalue weighted by atomic mass is 79.9. The summed E-state index contributed by atoms with van der Waals surface area (Å²) in [5.41, 5.74) is 0.651. The van der Waals surface area contributed by atoms with Crippen molar-refractivity contribution in [3.63, 3.8) is 0 Å². The summed E-state index contributed by atoms with van der Waals surface area (Å²) < 4.78 is 28.7. The van der Waals surface area contributed by atoms with E-state index in [4.69, 9.17) is 4.74 Å². The number of benzene rings is 1. The minimum atomic E-state index is -3.29. The SMILES string of the molecule is O=S1(=O)C=C(OCCBr)c2ccccc21. The van der Waals surface area contributed by atoms with Crippen LogP contribution in [0.25, 0.3) is 5.76 Å². The molecule has 1 aromatic rings. The van der Waals surface area contributed by atoms with Crippen molar-refractivity contribution in [3.05, 3.63) is 35.2 Å². The number of ether oxygens (including phenoxy) is 1. The lowest BCUT2D eigenvalue weighted by molar-refractivity contribution is 0.303. The molecule has 0 N–H and O–H groups in total. The molecule has 5 heteroatoms. The maximum absolute atomic E-state index is 11.7. The molecule has 15 heavy (non-hydrogen) atoms. The van der Waals surface area contributed by atoms with E-state index in [1.165, 1.54) is 5.41 Å². The molecule has 1 heterocycles. The molecule has 0 unspecified atom stereocenters. The maximum atomic E-state index is 11.7. The highest BCUT2D eigenvalue weighted by molar-refractivity contribution is 9.09. The van der Waals surface area contributed by atoms with Crippen LogP contribution in [-0.2, 0) is 14.6 Å². The molecular weight excluding hydrogens is 280 g/mol. The summed E-state index contributed by atoms with van der Waals surface area (Å²) >= 11 is 3.22. The molecule has 0 saturated carbocycles. The Morgan fingerprint density at radius 3 is 2.73 bits per heavy atom. The zero-order valence-electron chi connectivity index (χ0n) is 7.81. The number of alkyl halides is 1. The van der Waals surface area contributed by atoms with Crippen LogP contribution in [0.4, 0.5) is 0 Å². The quantitative estimate of drug-likeness (QED) is 0.801. The summed E-state index contributed by atoms with van der Waals surface area (Å²) in [6.45, 7) is 0.454. The van der Waals surface area contributed by atoms with Crippen molar-refractivity contribution in [1.82, 2.24) is 0 Å². The van der Waals surface area contributed by atoms with Crippen LogP contribution < -0.4 is 0 Å². The van der Waals surface area contributed by atoms with Gasteiger partial charge in [-0.1, -0.05) is 28.1 Å². The first kappa shape index (κ1) is 10.7. The molecule has 0 spiro atoms. The molecule has 0 amide bonds. The number of halogens is 1. The minimum absolute atomic E-state index is 0.328. The van der Waals surface area contributed by atoms with Crippen LogP contribution in [0.1, 0.15) is 5.56 Å². The Labute approximate surface area is 96.8 Å². The molecule has 0 bridgehead atoms. The van der Waals surface area contributed by atoms with Gasteiger partial charge in [0.15, 0.2) is 0 Å². The van der Waals surface area contributed by atoms with Gasteiger partial charge < -0.3 is 4.74 Å². The normalized spacial score (nSPS) is 17.0. The molecule has 0 aliphatic carbocycles. The van der Waals surface area contributed by atoms with E-state index >= 15 is 0 Å². The highest BCUT2D eigenvalue weighted by Gasteiger charge is 2.27. The molecule has 1 aliphatic rings. The van der Waals surface area contributed by atoms with Crippen molar-refractivity contribution in [2.24, 2.45) is 0 Å². The molecule has 2 rings (SSSR count). The van der Waals surface area contributed by atoms with Crippen LogP contribution >= 0.6 is 15.9 Å². The second kappa shape index (κ2) is 3.98. The summed E-state index contributed by atoms with van der Waals surface area (Å²) in [5, 5.41) is 1.85. The zero-order chi connectivity index (χ0) is 10.9. The average Bonchev–Trinajstić information content (AvgIpc) is 2.49. The van der Waals surface area contributed by atoms with Crippen LogP contribution in [0.5, 0.6) is 0 Å². The van der Waals surface area contributed by atoms with Gasteiger partial charge in [-0.25, -0.2) is 8.42 Å². The predicted molar refractivity (Wildman–Crippen MR) is 61.4 cm³/mol. The molecule has 0 atom stereocenters. The summed E-state index contributed by atoms with van der Waals surface area (Å²) in [6, 6.07) is 6.84. The molecule has 3 nitrogen and oxygen atoms in total. The number of sulfone groups is 1. The molecule has 0 radical (unpaired) electrons. The molecule has 80 valence electrons. The molecule has 1 aromatic carbocycles. The minimum Gasteiger partial charge on any atom is -0.491 e. The zero-order valence-corrected chi connectivity index (χ0v) is 10.2. The van der Waals surface area contributed by atoms with E-state index in [-0.39, 0.29) is 0 Å². The summed E-state index contributed by atoms with van der Waals surface area (Å²) in [7, 11) is -3.29. The molecule has 0 fully saturated rings. The predicted octanol–water partition coefficient (Wildman–Crippen LogP) is 2.18. The molecule has 0 aromatic heterocycles. The van der Waals surface area contributed by atoms with Gasteiger partial charge in [0.25, 0.3) is 0 Å². The van der Waals surface area contributed by atoms with Crippen molar-refractivity contribution in [2.45, 2.75) is 4.90 Å². The topological polar surface area (TPSA) is 43.4 Å². The summed E-state index contributed by atoms with van der Waals surface area (Å²) in [5.74, 6) is 0.435. The number of rotatable bonds is 3. The third kappa shape index (κ3) is 1.94. The fraction of sp³-hybridized carbons (Fsp3) is 0.200. The van der Waals surface area contributed by atoms with Crippen LogP contribution in [0.15, 0.2) is 34.6 Å². The molecule has 1 aliphatic heterocycles. The number of fused-ring (bicyclic) bond motifs is 1. The highest BCUT2D eigenvalue weighted by Crippen LogP contribution is 2.33. The van der Waals surface area contributed by atoms with Crippen LogP contribution in [0.2, 0.25) is 0 Å². The second-order valence-electron chi connectivity index (χ2n) is 3.06. The molecular formula is C10H9BrO3S. The van der Waals surface area contributed by atoms with E-state index in [9.17, 15) is 8.42 Å². The molecule has 0 saturated heterocycles. The van der Waals surface area contributed by atoms with Crippen molar-refractivity contribution >= 4 is 31.5 Å². The van der Waals surface area contributed by atoms with Gasteiger partial charge in [-0.15, -0.1) is 0 Å². The Balaban J connectivity index is 2.44. The number of hydrogen-bond donors (Lipinski definition) is 0. The van der Waals surface area contributed by atoms with Gasteiger partial charge in [0.05, 0.1) is 16.9 Å². The monoisotopic (exact) mass is 288 g/mol. The van der Waals surface area contributed by atoms with E-state index in [2.05, 4.69) is 15.9 Å². The van der Waals surface area contributed by atoms with Crippen molar-refractivity contribution in [1.29, 1.82) is 0 Å². The lowest BCUT2D eigenvalue weighted by atomic mass is 10.2. The lowest BCUT2D eigenvalue weighted by Gasteiger charge is -2.05. The van der Waals surface area contributed by atoms with E-state index in [0.29, 0.717) is 28.2 Å². The van der Waals surface area contributed by atoms with E-state index in [1.807, 2.05) is 0 Å².